The summed E-state index contributed by atoms with van der Waals surface area (Å²) in [5, 5.41) is 11.7. The number of hydrogen-bond donors (Lipinski definition) is 2. The Kier molecular flexibility index (Phi) is 5.12. The molecule has 1 atom stereocenters. The summed E-state index contributed by atoms with van der Waals surface area (Å²) >= 11 is 0. The summed E-state index contributed by atoms with van der Waals surface area (Å²) in [6.07, 6.45) is 6.54. The van der Waals surface area contributed by atoms with Gasteiger partial charge >= 0.3 is 0 Å². The SMILES string of the molecule is CCC1CCC(Oc2ccc3cc([C@@](C)(N)CO)ccc3c2)CC1. The molecule has 3 heteroatoms. The zero-order valence-corrected chi connectivity index (χ0v) is 14.8. The lowest BCUT2D eigenvalue weighted by Gasteiger charge is -2.28. The second-order valence-corrected chi connectivity index (χ2v) is 7.47. The fourth-order valence-corrected chi connectivity index (χ4v) is 3.59. The zero-order chi connectivity index (χ0) is 17.2. The van der Waals surface area contributed by atoms with E-state index >= 15 is 0 Å². The molecule has 0 aliphatic heterocycles. The molecule has 0 saturated heterocycles. The first-order chi connectivity index (χ1) is 11.5. The molecule has 3 N–H and O–H groups in total. The molecule has 1 saturated carbocycles. The lowest BCUT2D eigenvalue weighted by Crippen LogP contribution is -2.36. The first kappa shape index (κ1) is 17.2. The highest BCUT2D eigenvalue weighted by molar-refractivity contribution is 5.84. The molecule has 0 amide bonds. The first-order valence-corrected chi connectivity index (χ1v) is 9.12. The molecule has 0 bridgehead atoms. The molecule has 2 aromatic carbocycles. The van der Waals surface area contributed by atoms with Crippen molar-refractivity contribution in [2.24, 2.45) is 11.7 Å². The number of hydrogen-bond acceptors (Lipinski definition) is 3. The van der Waals surface area contributed by atoms with Gasteiger partial charge in [0.15, 0.2) is 0 Å². The number of ether oxygens (including phenoxy) is 1. The van der Waals surface area contributed by atoms with Crippen LogP contribution in [0.3, 0.4) is 0 Å². The van der Waals surface area contributed by atoms with Crippen LogP contribution in [0, 0.1) is 5.92 Å². The van der Waals surface area contributed by atoms with Gasteiger partial charge in [0.1, 0.15) is 5.75 Å². The largest absolute Gasteiger partial charge is 0.490 e. The van der Waals surface area contributed by atoms with Crippen LogP contribution >= 0.6 is 0 Å². The Balaban J connectivity index is 1.74. The van der Waals surface area contributed by atoms with E-state index in [0.29, 0.717) is 6.10 Å². The standard InChI is InChI=1S/C21H29NO2/c1-3-15-4-9-19(10-5-15)24-20-11-7-16-12-18(21(2,22)14-23)8-6-17(16)13-20/h6-8,11-13,15,19,23H,3-5,9-10,14,22H2,1-2H3/t15?,19?,21-/m0/s1. The van der Waals surface area contributed by atoms with Crippen LogP contribution in [0.25, 0.3) is 10.8 Å². The number of fused-ring (bicyclic) bond motifs is 1. The Hall–Kier alpha value is -1.58. The molecule has 2 aromatic rings. The molecule has 1 fully saturated rings. The molecule has 3 nitrogen and oxygen atoms in total. The van der Waals surface area contributed by atoms with E-state index in [1.54, 1.807) is 0 Å². The van der Waals surface area contributed by atoms with Crippen molar-refractivity contribution in [1.82, 2.24) is 0 Å². The number of nitrogens with two attached hydrogens (primary N) is 1. The Morgan fingerprint density at radius 2 is 1.75 bits per heavy atom. The van der Waals surface area contributed by atoms with Crippen LogP contribution in [0.15, 0.2) is 36.4 Å². The second-order valence-electron chi connectivity index (χ2n) is 7.47. The minimum Gasteiger partial charge on any atom is -0.490 e. The maximum Gasteiger partial charge on any atom is 0.120 e. The summed E-state index contributed by atoms with van der Waals surface area (Å²) < 4.78 is 6.21. The van der Waals surface area contributed by atoms with E-state index in [-0.39, 0.29) is 6.61 Å². The van der Waals surface area contributed by atoms with E-state index in [2.05, 4.69) is 31.2 Å². The van der Waals surface area contributed by atoms with Crippen molar-refractivity contribution in [3.8, 4) is 5.75 Å². The van der Waals surface area contributed by atoms with Gasteiger partial charge in [-0.25, -0.2) is 0 Å². The van der Waals surface area contributed by atoms with Crippen molar-refractivity contribution >= 4 is 10.8 Å². The number of aliphatic hydroxyl groups excluding tert-OH is 1. The Morgan fingerprint density at radius 3 is 2.42 bits per heavy atom. The van der Waals surface area contributed by atoms with E-state index in [1.165, 1.54) is 19.3 Å². The molecular weight excluding hydrogens is 298 g/mol. The van der Waals surface area contributed by atoms with Crippen LogP contribution in [0.1, 0.15) is 51.5 Å². The summed E-state index contributed by atoms with van der Waals surface area (Å²) in [4.78, 5) is 0. The van der Waals surface area contributed by atoms with Gasteiger partial charge in [-0.05, 0) is 73.1 Å². The summed E-state index contributed by atoms with van der Waals surface area (Å²) in [5.74, 6) is 1.84. The molecule has 0 heterocycles. The highest BCUT2D eigenvalue weighted by atomic mass is 16.5. The van der Waals surface area contributed by atoms with E-state index < -0.39 is 5.54 Å². The van der Waals surface area contributed by atoms with E-state index in [9.17, 15) is 5.11 Å². The van der Waals surface area contributed by atoms with Gasteiger partial charge < -0.3 is 15.6 Å². The van der Waals surface area contributed by atoms with Gasteiger partial charge in [0.25, 0.3) is 0 Å². The van der Waals surface area contributed by atoms with Gasteiger partial charge in [0.05, 0.1) is 18.2 Å². The van der Waals surface area contributed by atoms with Crippen molar-refractivity contribution in [3.05, 3.63) is 42.0 Å². The molecule has 3 rings (SSSR count). The molecule has 1 aliphatic carbocycles. The summed E-state index contributed by atoms with van der Waals surface area (Å²) in [7, 11) is 0. The normalized spacial score (nSPS) is 23.8. The third kappa shape index (κ3) is 3.73. The number of rotatable bonds is 5. The van der Waals surface area contributed by atoms with Crippen molar-refractivity contribution in [1.29, 1.82) is 0 Å². The first-order valence-electron chi connectivity index (χ1n) is 9.12. The smallest absolute Gasteiger partial charge is 0.120 e. The van der Waals surface area contributed by atoms with Crippen LogP contribution in [0.2, 0.25) is 0 Å². The Bertz CT molecular complexity index is 687. The van der Waals surface area contributed by atoms with E-state index in [4.69, 9.17) is 10.5 Å². The average Bonchev–Trinajstić information content (AvgIpc) is 2.62. The van der Waals surface area contributed by atoms with E-state index in [1.807, 2.05) is 19.1 Å². The predicted molar refractivity (Wildman–Crippen MR) is 99.2 cm³/mol. The third-order valence-electron chi connectivity index (χ3n) is 5.47. The van der Waals surface area contributed by atoms with Gasteiger partial charge in [-0.15, -0.1) is 0 Å². The van der Waals surface area contributed by atoms with Crippen LogP contribution in [0.4, 0.5) is 0 Å². The van der Waals surface area contributed by atoms with Crippen LogP contribution in [-0.2, 0) is 5.54 Å². The molecule has 0 radical (unpaired) electrons. The van der Waals surface area contributed by atoms with Crippen molar-refractivity contribution in [2.75, 3.05) is 6.61 Å². The maximum atomic E-state index is 9.44. The predicted octanol–water partition coefficient (Wildman–Crippen LogP) is 4.35. The topological polar surface area (TPSA) is 55.5 Å². The van der Waals surface area contributed by atoms with Crippen molar-refractivity contribution in [2.45, 2.75) is 57.6 Å². The molecule has 0 unspecified atom stereocenters. The van der Waals surface area contributed by atoms with E-state index in [0.717, 1.165) is 40.8 Å². The van der Waals surface area contributed by atoms with Gasteiger partial charge in [-0.2, -0.15) is 0 Å². The highest BCUT2D eigenvalue weighted by Crippen LogP contribution is 2.31. The molecule has 0 aromatic heterocycles. The summed E-state index contributed by atoms with van der Waals surface area (Å²) in [6.45, 7) is 4.06. The fourth-order valence-electron chi connectivity index (χ4n) is 3.59. The molecule has 24 heavy (non-hydrogen) atoms. The van der Waals surface area contributed by atoms with Crippen LogP contribution < -0.4 is 10.5 Å². The molecule has 0 spiro atoms. The quantitative estimate of drug-likeness (QED) is 0.858. The van der Waals surface area contributed by atoms with Gasteiger partial charge in [-0.3, -0.25) is 0 Å². The van der Waals surface area contributed by atoms with Crippen molar-refractivity contribution in [3.63, 3.8) is 0 Å². The minimum atomic E-state index is -0.707. The monoisotopic (exact) mass is 327 g/mol. The van der Waals surface area contributed by atoms with Gasteiger partial charge in [0.2, 0.25) is 0 Å². The lowest BCUT2D eigenvalue weighted by molar-refractivity contribution is 0.130. The maximum absolute atomic E-state index is 9.44. The molecular formula is C21H29NO2. The third-order valence-corrected chi connectivity index (χ3v) is 5.47. The molecule has 130 valence electrons. The van der Waals surface area contributed by atoms with Gasteiger partial charge in [0, 0.05) is 0 Å². The van der Waals surface area contributed by atoms with Crippen LogP contribution in [0.5, 0.6) is 5.75 Å². The van der Waals surface area contributed by atoms with Crippen molar-refractivity contribution < 1.29 is 9.84 Å². The van der Waals surface area contributed by atoms with Crippen LogP contribution in [-0.4, -0.2) is 17.8 Å². The number of benzene rings is 2. The lowest BCUT2D eigenvalue weighted by atomic mass is 9.86. The minimum absolute atomic E-state index is 0.0693. The fraction of sp³-hybridized carbons (Fsp3) is 0.524. The molecule has 1 aliphatic rings. The van der Waals surface area contributed by atoms with Gasteiger partial charge in [-0.1, -0.05) is 31.5 Å². The summed E-state index contributed by atoms with van der Waals surface area (Å²) in [6, 6.07) is 12.4. The zero-order valence-electron chi connectivity index (χ0n) is 14.8. The highest BCUT2D eigenvalue weighted by Gasteiger charge is 2.22. The summed E-state index contributed by atoms with van der Waals surface area (Å²) in [5.41, 5.74) is 6.37. The second kappa shape index (κ2) is 7.12. The Labute approximate surface area is 144 Å². The Morgan fingerprint density at radius 1 is 1.08 bits per heavy atom. The number of aliphatic hydroxyl groups is 1. The average molecular weight is 327 g/mol.